The van der Waals surface area contributed by atoms with Gasteiger partial charge in [-0.25, -0.2) is 4.99 Å². The summed E-state index contributed by atoms with van der Waals surface area (Å²) < 4.78 is 15.2. The molecular formula is C10H14NO3Si. The number of rotatable bonds is 5. The Morgan fingerprint density at radius 3 is 2.53 bits per heavy atom. The molecule has 0 spiro atoms. The Balaban J connectivity index is 2.86. The third-order valence-corrected chi connectivity index (χ3v) is 3.28. The van der Waals surface area contributed by atoms with Gasteiger partial charge < -0.3 is 13.6 Å². The van der Waals surface area contributed by atoms with Crippen molar-refractivity contribution in [3.8, 4) is 0 Å². The summed E-state index contributed by atoms with van der Waals surface area (Å²) in [5.41, 5.74) is 0.825. The van der Waals surface area contributed by atoms with Gasteiger partial charge in [0.05, 0.1) is 12.8 Å². The van der Waals surface area contributed by atoms with E-state index in [0.717, 1.165) is 10.9 Å². The number of hydrogen-bond donors (Lipinski definition) is 0. The first-order valence-corrected chi connectivity index (χ1v) is 5.74. The molecule has 1 rings (SSSR count). The predicted octanol–water partition coefficient (Wildman–Crippen LogP) is 0.981. The zero-order valence-electron chi connectivity index (χ0n) is 9.06. The van der Waals surface area contributed by atoms with Crippen molar-refractivity contribution in [2.24, 2.45) is 4.99 Å². The Hall–Kier alpha value is -1.17. The van der Waals surface area contributed by atoms with Crippen LogP contribution in [-0.2, 0) is 13.6 Å². The molecule has 0 fully saturated rings. The SMILES string of the molecule is COC=Nc1cccc([Si](OC)OC)c1. The van der Waals surface area contributed by atoms with E-state index < -0.39 is 9.28 Å². The van der Waals surface area contributed by atoms with Crippen LogP contribution in [0.2, 0.25) is 0 Å². The second kappa shape index (κ2) is 6.34. The van der Waals surface area contributed by atoms with Gasteiger partial charge in [0, 0.05) is 14.2 Å². The highest BCUT2D eigenvalue weighted by molar-refractivity contribution is 6.61. The number of methoxy groups -OCH3 is 1. The van der Waals surface area contributed by atoms with Gasteiger partial charge in [-0.1, -0.05) is 12.1 Å². The van der Waals surface area contributed by atoms with Crippen LogP contribution in [0, 0.1) is 0 Å². The van der Waals surface area contributed by atoms with Gasteiger partial charge in [0.2, 0.25) is 0 Å². The van der Waals surface area contributed by atoms with E-state index in [0.29, 0.717) is 0 Å². The molecule has 0 bridgehead atoms. The standard InChI is InChI=1S/C10H14NO3Si/c1-12-8-11-9-5-4-6-10(7-9)15(13-2)14-3/h4-8H,1-3H3. The highest BCUT2D eigenvalue weighted by atomic mass is 28.3. The van der Waals surface area contributed by atoms with Crippen molar-refractivity contribution in [3.63, 3.8) is 0 Å². The molecule has 1 aromatic rings. The van der Waals surface area contributed by atoms with E-state index in [-0.39, 0.29) is 0 Å². The molecular weight excluding hydrogens is 210 g/mol. The van der Waals surface area contributed by atoms with E-state index in [9.17, 15) is 0 Å². The van der Waals surface area contributed by atoms with E-state index in [1.165, 1.54) is 6.40 Å². The summed E-state index contributed by atoms with van der Waals surface area (Å²) in [4.78, 5) is 4.09. The van der Waals surface area contributed by atoms with Crippen LogP contribution in [0.15, 0.2) is 29.3 Å². The summed E-state index contributed by atoms with van der Waals surface area (Å²) in [5.74, 6) is 0. The quantitative estimate of drug-likeness (QED) is 0.425. The van der Waals surface area contributed by atoms with E-state index in [1.54, 1.807) is 21.3 Å². The summed E-state index contributed by atoms with van der Waals surface area (Å²) in [6, 6.07) is 7.70. The molecule has 0 aliphatic rings. The maximum absolute atomic E-state index is 5.24. The van der Waals surface area contributed by atoms with Gasteiger partial charge in [-0.2, -0.15) is 0 Å². The lowest BCUT2D eigenvalue weighted by molar-refractivity contribution is 0.292. The molecule has 0 saturated heterocycles. The van der Waals surface area contributed by atoms with Crippen molar-refractivity contribution >= 4 is 26.6 Å². The first-order valence-electron chi connectivity index (χ1n) is 4.42. The molecule has 1 aromatic carbocycles. The highest BCUT2D eigenvalue weighted by Crippen LogP contribution is 2.08. The van der Waals surface area contributed by atoms with E-state index in [1.807, 2.05) is 24.3 Å². The molecule has 0 N–H and O–H groups in total. The van der Waals surface area contributed by atoms with Crippen LogP contribution in [-0.4, -0.2) is 37.0 Å². The summed E-state index contributed by atoms with van der Waals surface area (Å²) >= 11 is 0. The van der Waals surface area contributed by atoms with Gasteiger partial charge in [0.25, 0.3) is 0 Å². The van der Waals surface area contributed by atoms with Crippen molar-refractivity contribution in [2.75, 3.05) is 21.3 Å². The Labute approximate surface area is 91.4 Å². The van der Waals surface area contributed by atoms with Gasteiger partial charge in [0.1, 0.15) is 0 Å². The Kier molecular flexibility index (Phi) is 5.03. The Bertz CT molecular complexity index is 326. The van der Waals surface area contributed by atoms with Gasteiger partial charge in [-0.15, -0.1) is 0 Å². The van der Waals surface area contributed by atoms with Crippen LogP contribution < -0.4 is 5.19 Å². The maximum atomic E-state index is 5.24. The third kappa shape index (κ3) is 3.47. The van der Waals surface area contributed by atoms with Crippen LogP contribution in [0.1, 0.15) is 0 Å². The molecule has 0 atom stereocenters. The second-order valence-electron chi connectivity index (χ2n) is 2.72. The molecule has 81 valence electrons. The lowest BCUT2D eigenvalue weighted by Crippen LogP contribution is -2.34. The molecule has 4 nitrogen and oxygen atoms in total. The zero-order chi connectivity index (χ0) is 11.1. The highest BCUT2D eigenvalue weighted by Gasteiger charge is 2.15. The fourth-order valence-electron chi connectivity index (χ4n) is 1.15. The van der Waals surface area contributed by atoms with Crippen LogP contribution in [0.4, 0.5) is 5.69 Å². The number of nitrogens with zero attached hydrogens (tertiary/aromatic N) is 1. The molecule has 1 radical (unpaired) electrons. The first-order chi connectivity index (χ1) is 7.31. The van der Waals surface area contributed by atoms with Gasteiger partial charge in [0.15, 0.2) is 6.40 Å². The van der Waals surface area contributed by atoms with E-state index in [4.69, 9.17) is 13.6 Å². The average molecular weight is 224 g/mol. The van der Waals surface area contributed by atoms with Gasteiger partial charge >= 0.3 is 9.28 Å². The number of ether oxygens (including phenoxy) is 1. The van der Waals surface area contributed by atoms with Crippen LogP contribution in [0.25, 0.3) is 0 Å². The van der Waals surface area contributed by atoms with Crippen molar-refractivity contribution in [3.05, 3.63) is 24.3 Å². The molecule has 0 unspecified atom stereocenters. The molecule has 0 saturated carbocycles. The largest absolute Gasteiger partial charge is 0.486 e. The molecule has 0 heterocycles. The van der Waals surface area contributed by atoms with E-state index >= 15 is 0 Å². The van der Waals surface area contributed by atoms with Crippen molar-refractivity contribution in [2.45, 2.75) is 0 Å². The lowest BCUT2D eigenvalue weighted by atomic mass is 10.3. The minimum atomic E-state index is -1.36. The zero-order valence-corrected chi connectivity index (χ0v) is 10.1. The summed E-state index contributed by atoms with van der Waals surface area (Å²) in [5, 5.41) is 1.02. The fraction of sp³-hybridized carbons (Fsp3) is 0.300. The monoisotopic (exact) mass is 224 g/mol. The maximum Gasteiger partial charge on any atom is 0.423 e. The average Bonchev–Trinajstić information content (AvgIpc) is 2.29. The molecule has 0 aromatic heterocycles. The number of aliphatic imine (C=N–C) groups is 1. The third-order valence-electron chi connectivity index (χ3n) is 1.76. The molecule has 0 amide bonds. The fourth-order valence-corrected chi connectivity index (χ4v) is 2.28. The van der Waals surface area contributed by atoms with Gasteiger partial charge in [-0.05, 0) is 17.3 Å². The number of benzene rings is 1. The van der Waals surface area contributed by atoms with Crippen molar-refractivity contribution in [1.29, 1.82) is 0 Å². The molecule has 15 heavy (non-hydrogen) atoms. The molecule has 0 aliphatic carbocycles. The minimum absolute atomic E-state index is 0.825. The Morgan fingerprint density at radius 2 is 1.93 bits per heavy atom. The normalized spacial score (nSPS) is 11.2. The summed E-state index contributed by atoms with van der Waals surface area (Å²) in [7, 11) is 3.48. The van der Waals surface area contributed by atoms with Crippen LogP contribution in [0.5, 0.6) is 0 Å². The van der Waals surface area contributed by atoms with Gasteiger partial charge in [-0.3, -0.25) is 0 Å². The minimum Gasteiger partial charge on any atom is -0.486 e. The lowest BCUT2D eigenvalue weighted by Gasteiger charge is -2.09. The summed E-state index contributed by atoms with van der Waals surface area (Å²) in [6.45, 7) is 0. The van der Waals surface area contributed by atoms with Crippen LogP contribution >= 0.6 is 0 Å². The molecule has 0 aliphatic heterocycles. The Morgan fingerprint density at radius 1 is 1.20 bits per heavy atom. The first kappa shape index (κ1) is 11.9. The summed E-state index contributed by atoms with van der Waals surface area (Å²) in [6.07, 6.45) is 1.39. The van der Waals surface area contributed by atoms with Crippen LogP contribution in [0.3, 0.4) is 0 Å². The second-order valence-corrected chi connectivity index (χ2v) is 4.69. The smallest absolute Gasteiger partial charge is 0.423 e. The number of hydrogen-bond acceptors (Lipinski definition) is 4. The van der Waals surface area contributed by atoms with Crippen molar-refractivity contribution in [1.82, 2.24) is 0 Å². The van der Waals surface area contributed by atoms with Crippen molar-refractivity contribution < 1.29 is 13.6 Å². The predicted molar refractivity (Wildman–Crippen MR) is 61.0 cm³/mol. The van der Waals surface area contributed by atoms with E-state index in [2.05, 4.69) is 4.99 Å². The molecule has 5 heteroatoms. The topological polar surface area (TPSA) is 40.0 Å².